The van der Waals surface area contributed by atoms with Gasteiger partial charge in [0, 0.05) is 36.6 Å². The third-order valence-corrected chi connectivity index (χ3v) is 5.61. The second kappa shape index (κ2) is 8.11. The van der Waals surface area contributed by atoms with Crippen LogP contribution >= 0.6 is 11.3 Å². The first-order valence-electron chi connectivity index (χ1n) is 9.01. The predicted molar refractivity (Wildman–Crippen MR) is 102 cm³/mol. The van der Waals surface area contributed by atoms with Crippen LogP contribution in [0.15, 0.2) is 29.6 Å². The Bertz CT molecular complexity index is 703. The summed E-state index contributed by atoms with van der Waals surface area (Å²) < 4.78 is 5.42. The number of rotatable bonds is 6. The molecule has 0 aliphatic carbocycles. The van der Waals surface area contributed by atoms with E-state index in [4.69, 9.17) is 4.74 Å². The van der Waals surface area contributed by atoms with Crippen LogP contribution in [0.1, 0.15) is 49.2 Å². The maximum Gasteiger partial charge on any atom is 0.273 e. The van der Waals surface area contributed by atoms with Gasteiger partial charge in [-0.1, -0.05) is 38.1 Å². The maximum atomic E-state index is 12.8. The number of nitrogens with zero attached hydrogens (tertiary/aromatic N) is 2. The molecule has 1 fully saturated rings. The average Bonchev–Trinajstić information content (AvgIpc) is 3.31. The summed E-state index contributed by atoms with van der Waals surface area (Å²) in [7, 11) is 0. The molecule has 3 rings (SSSR count). The minimum Gasteiger partial charge on any atom is -0.381 e. The quantitative estimate of drug-likeness (QED) is 0.767. The first kappa shape index (κ1) is 18.1. The predicted octanol–water partition coefficient (Wildman–Crippen LogP) is 4.43. The van der Waals surface area contributed by atoms with Crippen molar-refractivity contribution in [1.29, 1.82) is 0 Å². The Labute approximate surface area is 153 Å². The summed E-state index contributed by atoms with van der Waals surface area (Å²) in [6.07, 6.45) is 1.04. The van der Waals surface area contributed by atoms with Gasteiger partial charge in [0.05, 0.1) is 6.61 Å². The van der Waals surface area contributed by atoms with Crippen molar-refractivity contribution in [2.75, 3.05) is 26.3 Å². The van der Waals surface area contributed by atoms with Crippen molar-refractivity contribution in [3.8, 4) is 10.6 Å². The molecule has 0 radical (unpaired) electrons. The molecule has 134 valence electrons. The van der Waals surface area contributed by atoms with Crippen LogP contribution in [0.4, 0.5) is 0 Å². The van der Waals surface area contributed by atoms with Crippen molar-refractivity contribution in [2.24, 2.45) is 5.92 Å². The molecule has 1 amide bonds. The van der Waals surface area contributed by atoms with Crippen molar-refractivity contribution in [3.05, 3.63) is 40.9 Å². The topological polar surface area (TPSA) is 42.4 Å². The highest BCUT2D eigenvalue weighted by Gasteiger charge is 2.23. The summed E-state index contributed by atoms with van der Waals surface area (Å²) in [6, 6.07) is 8.47. The number of aromatic nitrogens is 1. The molecule has 0 spiro atoms. The van der Waals surface area contributed by atoms with Crippen molar-refractivity contribution in [1.82, 2.24) is 9.88 Å². The smallest absolute Gasteiger partial charge is 0.273 e. The summed E-state index contributed by atoms with van der Waals surface area (Å²) in [5.41, 5.74) is 2.93. The third kappa shape index (κ3) is 4.28. The Morgan fingerprint density at radius 3 is 2.72 bits per heavy atom. The zero-order valence-electron chi connectivity index (χ0n) is 15.2. The lowest BCUT2D eigenvalue weighted by Gasteiger charge is -2.22. The molecule has 1 aromatic heterocycles. The van der Waals surface area contributed by atoms with Crippen LogP contribution in [-0.4, -0.2) is 42.1 Å². The normalized spacial score (nSPS) is 17.2. The molecule has 5 heteroatoms. The summed E-state index contributed by atoms with van der Waals surface area (Å²) in [6.45, 7) is 9.41. The molecule has 0 saturated carbocycles. The van der Waals surface area contributed by atoms with Crippen molar-refractivity contribution < 1.29 is 9.53 Å². The number of amides is 1. The Morgan fingerprint density at radius 2 is 2.12 bits per heavy atom. The molecule has 1 atom stereocenters. The number of carbonyl (C=O) groups is 1. The van der Waals surface area contributed by atoms with Gasteiger partial charge in [0.1, 0.15) is 10.7 Å². The number of hydrogen-bond acceptors (Lipinski definition) is 4. The highest BCUT2D eigenvalue weighted by atomic mass is 32.1. The largest absolute Gasteiger partial charge is 0.381 e. The lowest BCUT2D eigenvalue weighted by Crippen LogP contribution is -2.35. The van der Waals surface area contributed by atoms with Crippen LogP contribution in [0.5, 0.6) is 0 Å². The molecule has 0 bridgehead atoms. The minimum absolute atomic E-state index is 0.0238. The summed E-state index contributed by atoms with van der Waals surface area (Å²) in [5, 5.41) is 2.78. The van der Waals surface area contributed by atoms with Crippen LogP contribution in [0.25, 0.3) is 10.6 Å². The van der Waals surface area contributed by atoms with E-state index in [0.29, 0.717) is 24.1 Å². The standard InChI is InChI=1S/C20H26N2O2S/c1-4-22(11-15-9-10-24-12-15)20(23)18-13-25-19(21-18)17-7-5-16(6-8-17)14(2)3/h5-8,13-15H,4,9-12H2,1-3H3. The van der Waals surface area contributed by atoms with Gasteiger partial charge in [-0.05, 0) is 24.8 Å². The Kier molecular flexibility index (Phi) is 5.86. The number of thiazole rings is 1. The number of carbonyl (C=O) groups excluding carboxylic acids is 1. The summed E-state index contributed by atoms with van der Waals surface area (Å²) in [5.74, 6) is 0.987. The SMILES string of the molecule is CCN(CC1CCOC1)C(=O)c1csc(-c2ccc(C(C)C)cc2)n1. The second-order valence-electron chi connectivity index (χ2n) is 6.89. The van der Waals surface area contributed by atoms with Gasteiger partial charge in [-0.2, -0.15) is 0 Å². The van der Waals surface area contributed by atoms with E-state index >= 15 is 0 Å². The first-order valence-corrected chi connectivity index (χ1v) is 9.89. The van der Waals surface area contributed by atoms with E-state index < -0.39 is 0 Å². The van der Waals surface area contributed by atoms with Crippen LogP contribution in [0, 0.1) is 5.92 Å². The first-order chi connectivity index (χ1) is 12.1. The fourth-order valence-electron chi connectivity index (χ4n) is 3.07. The van der Waals surface area contributed by atoms with E-state index in [9.17, 15) is 4.79 Å². The molecule has 1 saturated heterocycles. The number of benzene rings is 1. The Balaban J connectivity index is 1.71. The zero-order valence-corrected chi connectivity index (χ0v) is 16.0. The zero-order chi connectivity index (χ0) is 17.8. The molecule has 0 N–H and O–H groups in total. The molecule has 2 heterocycles. The molecular weight excluding hydrogens is 332 g/mol. The summed E-state index contributed by atoms with van der Waals surface area (Å²) >= 11 is 1.53. The molecule has 2 aromatic rings. The van der Waals surface area contributed by atoms with Crippen LogP contribution in [-0.2, 0) is 4.74 Å². The van der Waals surface area contributed by atoms with Gasteiger partial charge in [0.2, 0.25) is 0 Å². The third-order valence-electron chi connectivity index (χ3n) is 4.72. The monoisotopic (exact) mass is 358 g/mol. The molecular formula is C20H26N2O2S. The van der Waals surface area contributed by atoms with Gasteiger partial charge in [0.25, 0.3) is 5.91 Å². The number of ether oxygens (including phenoxy) is 1. The average molecular weight is 359 g/mol. The fourth-order valence-corrected chi connectivity index (χ4v) is 3.87. The summed E-state index contributed by atoms with van der Waals surface area (Å²) in [4.78, 5) is 19.3. The van der Waals surface area contributed by atoms with Gasteiger partial charge in [0.15, 0.2) is 0 Å². The molecule has 4 nitrogen and oxygen atoms in total. The van der Waals surface area contributed by atoms with E-state index in [0.717, 1.165) is 36.8 Å². The Morgan fingerprint density at radius 1 is 1.36 bits per heavy atom. The second-order valence-corrected chi connectivity index (χ2v) is 7.75. The highest BCUT2D eigenvalue weighted by molar-refractivity contribution is 7.13. The van der Waals surface area contributed by atoms with Gasteiger partial charge in [-0.15, -0.1) is 11.3 Å². The Hall–Kier alpha value is -1.72. The minimum atomic E-state index is 0.0238. The van der Waals surface area contributed by atoms with E-state index in [1.54, 1.807) is 0 Å². The van der Waals surface area contributed by atoms with Gasteiger partial charge >= 0.3 is 0 Å². The highest BCUT2D eigenvalue weighted by Crippen LogP contribution is 2.26. The van der Waals surface area contributed by atoms with Gasteiger partial charge in [-0.3, -0.25) is 4.79 Å². The van der Waals surface area contributed by atoms with Gasteiger partial charge in [-0.25, -0.2) is 4.98 Å². The molecule has 1 unspecified atom stereocenters. The van der Waals surface area contributed by atoms with Gasteiger partial charge < -0.3 is 9.64 Å². The van der Waals surface area contributed by atoms with E-state index in [1.807, 2.05) is 17.2 Å². The number of hydrogen-bond donors (Lipinski definition) is 0. The van der Waals surface area contributed by atoms with Crippen LogP contribution in [0.3, 0.4) is 0 Å². The van der Waals surface area contributed by atoms with E-state index in [2.05, 4.69) is 43.1 Å². The lowest BCUT2D eigenvalue weighted by atomic mass is 10.0. The van der Waals surface area contributed by atoms with E-state index in [1.165, 1.54) is 16.9 Å². The van der Waals surface area contributed by atoms with Crippen molar-refractivity contribution >= 4 is 17.2 Å². The van der Waals surface area contributed by atoms with Crippen LogP contribution < -0.4 is 0 Å². The fraction of sp³-hybridized carbons (Fsp3) is 0.500. The van der Waals surface area contributed by atoms with Crippen molar-refractivity contribution in [2.45, 2.75) is 33.1 Å². The lowest BCUT2D eigenvalue weighted by molar-refractivity contribution is 0.0726. The maximum absolute atomic E-state index is 12.8. The molecule has 1 aromatic carbocycles. The molecule has 25 heavy (non-hydrogen) atoms. The van der Waals surface area contributed by atoms with E-state index in [-0.39, 0.29) is 5.91 Å². The molecule has 1 aliphatic rings. The van der Waals surface area contributed by atoms with Crippen molar-refractivity contribution in [3.63, 3.8) is 0 Å². The van der Waals surface area contributed by atoms with Crippen LogP contribution in [0.2, 0.25) is 0 Å². The molecule has 1 aliphatic heterocycles.